The molecule has 1 fully saturated rings. The van der Waals surface area contributed by atoms with E-state index in [4.69, 9.17) is 14.2 Å². The maximum atomic E-state index is 5.75. The van der Waals surface area contributed by atoms with Crippen molar-refractivity contribution in [2.24, 2.45) is 0 Å². The van der Waals surface area contributed by atoms with Crippen molar-refractivity contribution in [3.8, 4) is 11.5 Å². The second-order valence-corrected chi connectivity index (χ2v) is 5.93. The summed E-state index contributed by atoms with van der Waals surface area (Å²) in [5.74, 6) is 1.76. The largest absolute Gasteiger partial charge is 0.486 e. The second kappa shape index (κ2) is 6.67. The van der Waals surface area contributed by atoms with E-state index in [0.29, 0.717) is 13.2 Å². The fourth-order valence-corrected chi connectivity index (χ4v) is 3.21. The molecule has 0 bridgehead atoms. The molecule has 0 amide bonds. The normalized spacial score (nSPS) is 20.2. The molecule has 1 aromatic carbocycles. The molecule has 0 aromatic heterocycles. The van der Waals surface area contributed by atoms with Crippen molar-refractivity contribution in [1.29, 1.82) is 0 Å². The molecule has 4 nitrogen and oxygen atoms in total. The standard InChI is InChI=1S/C17H25NO3/c1-2-7-18-13-17(5-8-19-9-6-17)14-3-4-15-16(12-14)21-11-10-20-15/h3-4,12,18H,2,5-11,13H2,1H3. The number of ether oxygens (including phenoxy) is 3. The van der Waals surface area contributed by atoms with Crippen LogP contribution in [0.15, 0.2) is 18.2 Å². The summed E-state index contributed by atoms with van der Waals surface area (Å²) in [5.41, 5.74) is 1.50. The van der Waals surface area contributed by atoms with Crippen LogP contribution >= 0.6 is 0 Å². The quantitative estimate of drug-likeness (QED) is 0.846. The van der Waals surface area contributed by atoms with E-state index in [1.165, 1.54) is 5.56 Å². The zero-order valence-electron chi connectivity index (χ0n) is 12.8. The summed E-state index contributed by atoms with van der Waals surface area (Å²) in [5, 5.41) is 3.60. The van der Waals surface area contributed by atoms with Crippen molar-refractivity contribution >= 4 is 0 Å². The second-order valence-electron chi connectivity index (χ2n) is 5.93. The molecular formula is C17H25NO3. The monoisotopic (exact) mass is 291 g/mol. The van der Waals surface area contributed by atoms with Gasteiger partial charge >= 0.3 is 0 Å². The molecule has 1 saturated heterocycles. The number of benzene rings is 1. The summed E-state index contributed by atoms with van der Waals surface area (Å²) in [6, 6.07) is 6.43. The Morgan fingerprint density at radius 2 is 1.81 bits per heavy atom. The van der Waals surface area contributed by atoms with E-state index in [1.54, 1.807) is 0 Å². The lowest BCUT2D eigenvalue weighted by Crippen LogP contribution is -2.43. The predicted octanol–water partition coefficient (Wildman–Crippen LogP) is 2.51. The lowest BCUT2D eigenvalue weighted by molar-refractivity contribution is 0.0497. The van der Waals surface area contributed by atoms with Crippen molar-refractivity contribution in [3.63, 3.8) is 0 Å². The molecule has 0 unspecified atom stereocenters. The highest BCUT2D eigenvalue weighted by molar-refractivity contribution is 5.46. The van der Waals surface area contributed by atoms with Crippen molar-refractivity contribution in [3.05, 3.63) is 23.8 Å². The van der Waals surface area contributed by atoms with Crippen LogP contribution in [0.25, 0.3) is 0 Å². The van der Waals surface area contributed by atoms with Gasteiger partial charge in [-0.3, -0.25) is 0 Å². The van der Waals surface area contributed by atoms with Crippen molar-refractivity contribution in [1.82, 2.24) is 5.32 Å². The van der Waals surface area contributed by atoms with Gasteiger partial charge in [-0.05, 0) is 43.5 Å². The number of fused-ring (bicyclic) bond motifs is 1. The molecule has 2 aliphatic rings. The first kappa shape index (κ1) is 14.7. The van der Waals surface area contributed by atoms with Gasteiger partial charge in [0.2, 0.25) is 0 Å². The van der Waals surface area contributed by atoms with E-state index in [-0.39, 0.29) is 5.41 Å². The van der Waals surface area contributed by atoms with Gasteiger partial charge in [0, 0.05) is 25.2 Å². The Balaban J connectivity index is 1.84. The van der Waals surface area contributed by atoms with Crippen LogP contribution in [0.2, 0.25) is 0 Å². The van der Waals surface area contributed by atoms with Crippen LogP contribution in [0.1, 0.15) is 31.7 Å². The minimum atomic E-state index is 0.156. The molecule has 1 N–H and O–H groups in total. The summed E-state index contributed by atoms with van der Waals surface area (Å²) in [6.07, 6.45) is 3.28. The van der Waals surface area contributed by atoms with Gasteiger partial charge < -0.3 is 19.5 Å². The highest BCUT2D eigenvalue weighted by Gasteiger charge is 2.35. The Bertz CT molecular complexity index is 469. The van der Waals surface area contributed by atoms with Crippen LogP contribution in [-0.2, 0) is 10.2 Å². The molecule has 0 atom stereocenters. The van der Waals surface area contributed by atoms with Gasteiger partial charge in [0.15, 0.2) is 11.5 Å². The van der Waals surface area contributed by atoms with Crippen molar-refractivity contribution in [2.75, 3.05) is 39.5 Å². The van der Waals surface area contributed by atoms with Crippen LogP contribution < -0.4 is 14.8 Å². The van der Waals surface area contributed by atoms with Gasteiger partial charge in [-0.15, -0.1) is 0 Å². The molecule has 1 aromatic rings. The number of rotatable bonds is 5. The van der Waals surface area contributed by atoms with Gasteiger partial charge in [0.05, 0.1) is 0 Å². The summed E-state index contributed by atoms with van der Waals surface area (Å²) < 4.78 is 17.0. The van der Waals surface area contributed by atoms with E-state index >= 15 is 0 Å². The molecule has 0 radical (unpaired) electrons. The van der Waals surface area contributed by atoms with E-state index < -0.39 is 0 Å². The molecule has 3 rings (SSSR count). The van der Waals surface area contributed by atoms with Gasteiger partial charge in [-0.1, -0.05) is 13.0 Å². The van der Waals surface area contributed by atoms with E-state index in [2.05, 4.69) is 30.4 Å². The Hall–Kier alpha value is -1.26. The highest BCUT2D eigenvalue weighted by atomic mass is 16.6. The Labute approximate surface area is 126 Å². The molecule has 0 aliphatic carbocycles. The Morgan fingerprint density at radius 1 is 1.05 bits per heavy atom. The van der Waals surface area contributed by atoms with Crippen LogP contribution in [-0.4, -0.2) is 39.5 Å². The first-order chi connectivity index (χ1) is 10.3. The van der Waals surface area contributed by atoms with Crippen LogP contribution in [0.3, 0.4) is 0 Å². The zero-order chi connectivity index (χ0) is 14.5. The molecule has 116 valence electrons. The average molecular weight is 291 g/mol. The fourth-order valence-electron chi connectivity index (χ4n) is 3.21. The summed E-state index contributed by atoms with van der Waals surface area (Å²) >= 11 is 0. The maximum Gasteiger partial charge on any atom is 0.161 e. The topological polar surface area (TPSA) is 39.7 Å². The van der Waals surface area contributed by atoms with E-state index in [1.807, 2.05) is 0 Å². The molecule has 0 saturated carbocycles. The average Bonchev–Trinajstić information content (AvgIpc) is 2.55. The summed E-state index contributed by atoms with van der Waals surface area (Å²) in [7, 11) is 0. The van der Waals surface area contributed by atoms with Crippen molar-refractivity contribution in [2.45, 2.75) is 31.6 Å². The number of hydrogen-bond acceptors (Lipinski definition) is 4. The van der Waals surface area contributed by atoms with Gasteiger partial charge in [-0.2, -0.15) is 0 Å². The fraction of sp³-hybridized carbons (Fsp3) is 0.647. The third-order valence-corrected chi connectivity index (χ3v) is 4.49. The van der Waals surface area contributed by atoms with Crippen LogP contribution in [0.4, 0.5) is 0 Å². The molecule has 2 aliphatic heterocycles. The third kappa shape index (κ3) is 3.16. The lowest BCUT2D eigenvalue weighted by Gasteiger charge is -2.38. The molecule has 2 heterocycles. The predicted molar refractivity (Wildman–Crippen MR) is 82.3 cm³/mol. The summed E-state index contributed by atoms with van der Waals surface area (Å²) in [6.45, 7) is 7.22. The van der Waals surface area contributed by atoms with Crippen LogP contribution in [0.5, 0.6) is 11.5 Å². The van der Waals surface area contributed by atoms with E-state index in [0.717, 1.165) is 57.1 Å². The molecular weight excluding hydrogens is 266 g/mol. The van der Waals surface area contributed by atoms with Crippen LogP contribution in [0, 0.1) is 0 Å². The van der Waals surface area contributed by atoms with Gasteiger partial charge in [-0.25, -0.2) is 0 Å². The van der Waals surface area contributed by atoms with E-state index in [9.17, 15) is 0 Å². The number of nitrogens with one attached hydrogen (secondary N) is 1. The van der Waals surface area contributed by atoms with Crippen molar-refractivity contribution < 1.29 is 14.2 Å². The Morgan fingerprint density at radius 3 is 2.57 bits per heavy atom. The lowest BCUT2D eigenvalue weighted by atomic mass is 9.74. The summed E-state index contributed by atoms with van der Waals surface area (Å²) in [4.78, 5) is 0. The first-order valence-corrected chi connectivity index (χ1v) is 8.03. The molecule has 21 heavy (non-hydrogen) atoms. The minimum absolute atomic E-state index is 0.156. The van der Waals surface area contributed by atoms with Gasteiger partial charge in [0.25, 0.3) is 0 Å². The Kier molecular flexibility index (Phi) is 4.66. The third-order valence-electron chi connectivity index (χ3n) is 4.49. The smallest absolute Gasteiger partial charge is 0.161 e. The minimum Gasteiger partial charge on any atom is -0.486 e. The molecule has 4 heteroatoms. The SMILES string of the molecule is CCCNCC1(c2ccc3c(c2)OCCO3)CCOCC1. The highest BCUT2D eigenvalue weighted by Crippen LogP contribution is 2.39. The first-order valence-electron chi connectivity index (χ1n) is 8.03. The van der Waals surface area contributed by atoms with Gasteiger partial charge in [0.1, 0.15) is 13.2 Å². The molecule has 0 spiro atoms. The number of hydrogen-bond donors (Lipinski definition) is 1. The maximum absolute atomic E-state index is 5.75. The zero-order valence-corrected chi connectivity index (χ0v) is 12.8.